The monoisotopic (exact) mass is 330 g/mol. The molecular formula is C18H26N4O2. The van der Waals surface area contributed by atoms with E-state index < -0.39 is 0 Å². The summed E-state index contributed by atoms with van der Waals surface area (Å²) >= 11 is 0. The zero-order valence-electron chi connectivity index (χ0n) is 14.6. The second kappa shape index (κ2) is 6.89. The minimum Gasteiger partial charge on any atom is -0.341 e. The second-order valence-corrected chi connectivity index (χ2v) is 7.27. The van der Waals surface area contributed by atoms with Gasteiger partial charge in [0.15, 0.2) is 0 Å². The summed E-state index contributed by atoms with van der Waals surface area (Å²) in [5, 5.41) is 0. The number of likely N-dealkylation sites (N-methyl/N-ethyl adjacent to an activating group) is 1. The molecule has 1 aromatic heterocycles. The van der Waals surface area contributed by atoms with Crippen LogP contribution in [0.1, 0.15) is 24.8 Å². The Morgan fingerprint density at radius 1 is 1.25 bits per heavy atom. The Morgan fingerprint density at radius 3 is 2.71 bits per heavy atom. The molecule has 1 spiro atoms. The highest BCUT2D eigenvalue weighted by Gasteiger charge is 2.49. The maximum absolute atomic E-state index is 13.0. The van der Waals surface area contributed by atoms with Crippen LogP contribution in [0.15, 0.2) is 24.5 Å². The van der Waals surface area contributed by atoms with Crippen LogP contribution in [0.3, 0.4) is 0 Å². The first-order valence-electron chi connectivity index (χ1n) is 8.61. The lowest BCUT2D eigenvalue weighted by Gasteiger charge is -2.39. The Labute approximate surface area is 143 Å². The number of rotatable bonds is 4. The number of aromatic nitrogens is 1. The first-order chi connectivity index (χ1) is 11.5. The molecule has 0 saturated carbocycles. The fourth-order valence-corrected chi connectivity index (χ4v) is 3.85. The lowest BCUT2D eigenvalue weighted by atomic mass is 9.78. The zero-order valence-corrected chi connectivity index (χ0v) is 14.6. The number of hydrogen-bond acceptors (Lipinski definition) is 4. The Hall–Kier alpha value is -1.95. The summed E-state index contributed by atoms with van der Waals surface area (Å²) in [6, 6.07) is 3.90. The van der Waals surface area contributed by atoms with E-state index in [1.165, 1.54) is 0 Å². The molecule has 2 aliphatic rings. The van der Waals surface area contributed by atoms with Gasteiger partial charge in [-0.1, -0.05) is 0 Å². The van der Waals surface area contributed by atoms with Gasteiger partial charge in [-0.3, -0.25) is 14.6 Å². The van der Waals surface area contributed by atoms with Crippen LogP contribution in [0.25, 0.3) is 0 Å². The Balaban J connectivity index is 1.67. The van der Waals surface area contributed by atoms with E-state index >= 15 is 0 Å². The number of likely N-dealkylation sites (tertiary alicyclic amines) is 2. The molecule has 0 unspecified atom stereocenters. The number of nitrogens with zero attached hydrogens (tertiary/aromatic N) is 4. The van der Waals surface area contributed by atoms with Gasteiger partial charge in [0.2, 0.25) is 11.8 Å². The van der Waals surface area contributed by atoms with Crippen LogP contribution >= 0.6 is 0 Å². The van der Waals surface area contributed by atoms with Crippen molar-refractivity contribution in [3.8, 4) is 0 Å². The van der Waals surface area contributed by atoms with Gasteiger partial charge in [-0.05, 0) is 51.1 Å². The Morgan fingerprint density at radius 2 is 2.00 bits per heavy atom. The third-order valence-corrected chi connectivity index (χ3v) is 5.11. The second-order valence-electron chi connectivity index (χ2n) is 7.27. The summed E-state index contributed by atoms with van der Waals surface area (Å²) in [4.78, 5) is 35.2. The lowest BCUT2D eigenvalue weighted by Crippen LogP contribution is -2.51. The molecule has 2 saturated heterocycles. The van der Waals surface area contributed by atoms with Crippen LogP contribution in [-0.4, -0.2) is 71.8 Å². The molecule has 0 aliphatic carbocycles. The lowest BCUT2D eigenvalue weighted by molar-refractivity contribution is -0.144. The van der Waals surface area contributed by atoms with E-state index in [-0.39, 0.29) is 17.2 Å². The molecule has 0 N–H and O–H groups in total. The Kier molecular flexibility index (Phi) is 4.85. The van der Waals surface area contributed by atoms with E-state index in [1.807, 2.05) is 40.9 Å². The van der Waals surface area contributed by atoms with Gasteiger partial charge in [0.25, 0.3) is 0 Å². The van der Waals surface area contributed by atoms with Crippen molar-refractivity contribution in [3.05, 3.63) is 30.1 Å². The van der Waals surface area contributed by atoms with Crippen molar-refractivity contribution in [1.29, 1.82) is 0 Å². The first-order valence-corrected chi connectivity index (χ1v) is 8.61. The predicted octanol–water partition coefficient (Wildman–Crippen LogP) is 0.984. The highest BCUT2D eigenvalue weighted by molar-refractivity contribution is 5.86. The average Bonchev–Trinajstić information content (AvgIpc) is 2.85. The van der Waals surface area contributed by atoms with Crippen molar-refractivity contribution < 1.29 is 9.59 Å². The normalized spacial score (nSPS) is 24.2. The average molecular weight is 330 g/mol. The van der Waals surface area contributed by atoms with E-state index in [1.54, 1.807) is 12.4 Å². The highest BCUT2D eigenvalue weighted by Crippen LogP contribution is 2.40. The standard InChI is InChI=1S/C18H26N4O2/c1-20(2)13-16(23)22-10-3-6-18(14-22)7-11-21(17(18)24)12-15-4-8-19-9-5-15/h4-5,8-9H,3,6-7,10-14H2,1-2H3/t18-/m1/s1. The summed E-state index contributed by atoms with van der Waals surface area (Å²) in [6.07, 6.45) is 6.17. The topological polar surface area (TPSA) is 56.8 Å². The third-order valence-electron chi connectivity index (χ3n) is 5.11. The van der Waals surface area contributed by atoms with E-state index in [9.17, 15) is 9.59 Å². The minimum absolute atomic E-state index is 0.124. The van der Waals surface area contributed by atoms with E-state index in [0.29, 0.717) is 19.6 Å². The molecule has 2 aliphatic heterocycles. The van der Waals surface area contributed by atoms with Gasteiger partial charge < -0.3 is 14.7 Å². The summed E-state index contributed by atoms with van der Waals surface area (Å²) in [6.45, 7) is 3.16. The van der Waals surface area contributed by atoms with Gasteiger partial charge in [-0.25, -0.2) is 0 Å². The summed E-state index contributed by atoms with van der Waals surface area (Å²) in [5.74, 6) is 0.334. The van der Waals surface area contributed by atoms with E-state index in [0.717, 1.165) is 37.9 Å². The van der Waals surface area contributed by atoms with Gasteiger partial charge in [-0.15, -0.1) is 0 Å². The molecule has 2 amide bonds. The summed E-state index contributed by atoms with van der Waals surface area (Å²) in [7, 11) is 3.80. The maximum atomic E-state index is 13.0. The maximum Gasteiger partial charge on any atom is 0.236 e. The molecular weight excluding hydrogens is 304 g/mol. The van der Waals surface area contributed by atoms with Gasteiger partial charge in [0.05, 0.1) is 12.0 Å². The summed E-state index contributed by atoms with van der Waals surface area (Å²) in [5.41, 5.74) is 0.736. The number of pyridine rings is 1. The third kappa shape index (κ3) is 3.43. The van der Waals surface area contributed by atoms with Crippen molar-refractivity contribution >= 4 is 11.8 Å². The number of carbonyl (C=O) groups is 2. The van der Waals surface area contributed by atoms with Crippen LogP contribution in [0, 0.1) is 5.41 Å². The number of piperidine rings is 1. The molecule has 0 radical (unpaired) electrons. The van der Waals surface area contributed by atoms with Gasteiger partial charge in [-0.2, -0.15) is 0 Å². The van der Waals surface area contributed by atoms with Gasteiger partial charge >= 0.3 is 0 Å². The van der Waals surface area contributed by atoms with Crippen LogP contribution in [0.5, 0.6) is 0 Å². The molecule has 1 atom stereocenters. The largest absolute Gasteiger partial charge is 0.341 e. The molecule has 6 nitrogen and oxygen atoms in total. The highest BCUT2D eigenvalue weighted by atomic mass is 16.2. The van der Waals surface area contributed by atoms with Crippen LogP contribution in [0.4, 0.5) is 0 Å². The van der Waals surface area contributed by atoms with E-state index in [2.05, 4.69) is 4.98 Å². The predicted molar refractivity (Wildman–Crippen MR) is 91.1 cm³/mol. The smallest absolute Gasteiger partial charge is 0.236 e. The van der Waals surface area contributed by atoms with Gasteiger partial charge in [0.1, 0.15) is 0 Å². The van der Waals surface area contributed by atoms with Crippen molar-refractivity contribution in [2.75, 3.05) is 40.3 Å². The molecule has 0 aromatic carbocycles. The molecule has 6 heteroatoms. The molecule has 130 valence electrons. The number of carbonyl (C=O) groups excluding carboxylic acids is 2. The van der Waals surface area contributed by atoms with Crippen LogP contribution in [0.2, 0.25) is 0 Å². The van der Waals surface area contributed by atoms with Crippen molar-refractivity contribution in [3.63, 3.8) is 0 Å². The molecule has 3 rings (SSSR count). The van der Waals surface area contributed by atoms with E-state index in [4.69, 9.17) is 0 Å². The SMILES string of the molecule is CN(C)CC(=O)N1CCC[C@@]2(CCN(Cc3ccncc3)C2=O)C1. The van der Waals surface area contributed by atoms with Gasteiger partial charge in [0, 0.05) is 38.6 Å². The number of amides is 2. The Bertz CT molecular complexity index is 604. The zero-order chi connectivity index (χ0) is 17.2. The van der Waals surface area contributed by atoms with Crippen molar-refractivity contribution in [2.24, 2.45) is 5.41 Å². The fraction of sp³-hybridized carbons (Fsp3) is 0.611. The molecule has 3 heterocycles. The first kappa shape index (κ1) is 16.9. The molecule has 1 aromatic rings. The van der Waals surface area contributed by atoms with Crippen molar-refractivity contribution in [2.45, 2.75) is 25.8 Å². The minimum atomic E-state index is -0.368. The quantitative estimate of drug-likeness (QED) is 0.826. The number of hydrogen-bond donors (Lipinski definition) is 0. The fourth-order valence-electron chi connectivity index (χ4n) is 3.85. The molecule has 2 fully saturated rings. The summed E-state index contributed by atoms with van der Waals surface area (Å²) < 4.78 is 0. The molecule has 24 heavy (non-hydrogen) atoms. The van der Waals surface area contributed by atoms with Crippen molar-refractivity contribution in [1.82, 2.24) is 19.7 Å². The van der Waals surface area contributed by atoms with Crippen LogP contribution in [-0.2, 0) is 16.1 Å². The molecule has 0 bridgehead atoms. The van der Waals surface area contributed by atoms with Crippen LogP contribution < -0.4 is 0 Å².